The van der Waals surface area contributed by atoms with Crippen LogP contribution in [0.15, 0.2) is 18.2 Å². The summed E-state index contributed by atoms with van der Waals surface area (Å²) >= 11 is 0. The third-order valence-corrected chi connectivity index (χ3v) is 7.04. The lowest BCUT2D eigenvalue weighted by atomic mass is 9.90. The minimum Gasteiger partial charge on any atom is -0.316 e. The first kappa shape index (κ1) is 19.4. The number of hydrogen-bond acceptors (Lipinski definition) is 6. The van der Waals surface area contributed by atoms with Crippen LogP contribution < -0.4 is 16.0 Å². The number of fused-ring (bicyclic) bond motifs is 2. The molecule has 3 aliphatic heterocycles. The van der Waals surface area contributed by atoms with Gasteiger partial charge in [-0.1, -0.05) is 6.07 Å². The molecule has 4 aliphatic rings. The maximum atomic E-state index is 12.9. The van der Waals surface area contributed by atoms with Gasteiger partial charge in [0.25, 0.3) is 11.8 Å². The molecule has 1 aromatic carbocycles. The van der Waals surface area contributed by atoms with Crippen molar-refractivity contribution in [1.29, 1.82) is 0 Å². The Kier molecular flexibility index (Phi) is 4.91. The van der Waals surface area contributed by atoms with E-state index in [1.807, 2.05) is 6.07 Å². The van der Waals surface area contributed by atoms with Gasteiger partial charge in [-0.25, -0.2) is 0 Å². The molecular formula is C22H26N4O4. The zero-order valence-electron chi connectivity index (χ0n) is 16.8. The molecule has 1 aromatic rings. The Morgan fingerprint density at radius 3 is 2.60 bits per heavy atom. The number of benzene rings is 1. The number of nitrogens with one attached hydrogen (secondary N) is 3. The van der Waals surface area contributed by atoms with Crippen molar-refractivity contribution in [3.8, 4) is 0 Å². The largest absolute Gasteiger partial charge is 0.316 e. The number of imide groups is 2. The lowest BCUT2D eigenvalue weighted by molar-refractivity contribution is -0.136. The molecule has 3 heterocycles. The summed E-state index contributed by atoms with van der Waals surface area (Å²) in [5.41, 5.74) is 1.62. The van der Waals surface area contributed by atoms with Crippen molar-refractivity contribution in [2.45, 2.75) is 50.7 Å². The fourth-order valence-corrected chi connectivity index (χ4v) is 5.45. The van der Waals surface area contributed by atoms with Crippen LogP contribution in [0, 0.1) is 11.8 Å². The van der Waals surface area contributed by atoms with Crippen molar-refractivity contribution < 1.29 is 19.2 Å². The second-order valence-electron chi connectivity index (χ2n) is 8.89. The van der Waals surface area contributed by atoms with Gasteiger partial charge in [-0.15, -0.1) is 0 Å². The molecule has 30 heavy (non-hydrogen) atoms. The van der Waals surface area contributed by atoms with Gasteiger partial charge in [0.2, 0.25) is 11.8 Å². The first-order valence-electron chi connectivity index (χ1n) is 10.8. The van der Waals surface area contributed by atoms with E-state index in [9.17, 15) is 19.2 Å². The molecule has 2 unspecified atom stereocenters. The number of amides is 4. The Morgan fingerprint density at radius 2 is 1.80 bits per heavy atom. The number of carbonyl (C=O) groups excluding carboxylic acids is 4. The second-order valence-corrected chi connectivity index (χ2v) is 8.89. The average molecular weight is 410 g/mol. The lowest BCUT2D eigenvalue weighted by Gasteiger charge is -2.27. The zero-order valence-corrected chi connectivity index (χ0v) is 16.8. The van der Waals surface area contributed by atoms with E-state index >= 15 is 0 Å². The zero-order chi connectivity index (χ0) is 20.8. The van der Waals surface area contributed by atoms with Gasteiger partial charge in [0.15, 0.2) is 0 Å². The van der Waals surface area contributed by atoms with Crippen molar-refractivity contribution in [1.82, 2.24) is 20.9 Å². The predicted octanol–water partition coefficient (Wildman–Crippen LogP) is 0.566. The maximum absolute atomic E-state index is 12.9. The van der Waals surface area contributed by atoms with E-state index in [4.69, 9.17) is 0 Å². The van der Waals surface area contributed by atoms with Gasteiger partial charge in [-0.3, -0.25) is 29.4 Å². The predicted molar refractivity (Wildman–Crippen MR) is 107 cm³/mol. The molecule has 1 aliphatic carbocycles. The van der Waals surface area contributed by atoms with Crippen molar-refractivity contribution in [2.24, 2.45) is 11.8 Å². The van der Waals surface area contributed by atoms with Gasteiger partial charge < -0.3 is 10.6 Å². The Hall–Kier alpha value is -2.58. The summed E-state index contributed by atoms with van der Waals surface area (Å²) in [6, 6.07) is 4.86. The molecule has 4 atom stereocenters. The first-order chi connectivity index (χ1) is 14.5. The van der Waals surface area contributed by atoms with Gasteiger partial charge in [0.1, 0.15) is 6.04 Å². The van der Waals surface area contributed by atoms with Crippen LogP contribution in [0.2, 0.25) is 0 Å². The van der Waals surface area contributed by atoms with Crippen LogP contribution in [0.5, 0.6) is 0 Å². The average Bonchev–Trinajstić information content (AvgIpc) is 3.26. The summed E-state index contributed by atoms with van der Waals surface area (Å²) in [5, 5.41) is 9.31. The number of nitrogens with zero attached hydrogens (tertiary/aromatic N) is 1. The van der Waals surface area contributed by atoms with Crippen LogP contribution in [0.25, 0.3) is 0 Å². The van der Waals surface area contributed by atoms with E-state index in [0.29, 0.717) is 23.7 Å². The van der Waals surface area contributed by atoms with E-state index < -0.39 is 23.8 Å². The molecule has 2 saturated heterocycles. The molecule has 0 bridgehead atoms. The summed E-state index contributed by atoms with van der Waals surface area (Å²) in [6.07, 6.45) is 3.90. The van der Waals surface area contributed by atoms with Crippen LogP contribution >= 0.6 is 0 Å². The number of rotatable bonds is 4. The first-order valence-corrected chi connectivity index (χ1v) is 10.8. The summed E-state index contributed by atoms with van der Waals surface area (Å²) in [6.45, 7) is 2.86. The molecule has 4 amide bonds. The molecule has 0 aromatic heterocycles. The third kappa shape index (κ3) is 3.33. The SMILES string of the molecule is O=C1CCC(N2C(=O)c3ccc(CNC4C[C@H]5CNCC[C@H]5C4)cc3C2=O)C(=O)N1. The molecule has 1 saturated carbocycles. The molecule has 3 N–H and O–H groups in total. The maximum Gasteiger partial charge on any atom is 0.262 e. The van der Waals surface area contributed by atoms with E-state index in [2.05, 4.69) is 16.0 Å². The van der Waals surface area contributed by atoms with Gasteiger partial charge in [0.05, 0.1) is 11.1 Å². The summed E-state index contributed by atoms with van der Waals surface area (Å²) < 4.78 is 0. The van der Waals surface area contributed by atoms with E-state index in [-0.39, 0.29) is 18.7 Å². The van der Waals surface area contributed by atoms with E-state index in [0.717, 1.165) is 35.4 Å². The molecule has 8 nitrogen and oxygen atoms in total. The van der Waals surface area contributed by atoms with Crippen LogP contribution in [0.1, 0.15) is 58.4 Å². The molecule has 0 radical (unpaired) electrons. The van der Waals surface area contributed by atoms with Gasteiger partial charge in [0, 0.05) is 19.0 Å². The Morgan fingerprint density at radius 1 is 1.00 bits per heavy atom. The summed E-state index contributed by atoms with van der Waals surface area (Å²) in [7, 11) is 0. The lowest BCUT2D eigenvalue weighted by Crippen LogP contribution is -2.54. The minimum atomic E-state index is -0.924. The second kappa shape index (κ2) is 7.59. The monoisotopic (exact) mass is 410 g/mol. The van der Waals surface area contributed by atoms with Gasteiger partial charge in [-0.05, 0) is 68.3 Å². The van der Waals surface area contributed by atoms with Crippen LogP contribution in [-0.2, 0) is 16.1 Å². The quantitative estimate of drug-likeness (QED) is 0.627. The van der Waals surface area contributed by atoms with Gasteiger partial charge >= 0.3 is 0 Å². The van der Waals surface area contributed by atoms with Crippen LogP contribution in [0.4, 0.5) is 0 Å². The molecular weight excluding hydrogens is 384 g/mol. The van der Waals surface area contributed by atoms with Crippen LogP contribution in [0.3, 0.4) is 0 Å². The van der Waals surface area contributed by atoms with E-state index in [1.54, 1.807) is 12.1 Å². The Balaban J connectivity index is 1.27. The van der Waals surface area contributed by atoms with Crippen LogP contribution in [-0.4, -0.2) is 53.7 Å². The normalized spacial score (nSPS) is 31.0. The molecule has 0 spiro atoms. The number of hydrogen-bond donors (Lipinski definition) is 3. The highest BCUT2D eigenvalue weighted by Crippen LogP contribution is 2.36. The third-order valence-electron chi connectivity index (χ3n) is 7.04. The fourth-order valence-electron chi connectivity index (χ4n) is 5.45. The fraction of sp³-hybridized carbons (Fsp3) is 0.545. The number of piperidine rings is 2. The Labute approximate surface area is 174 Å². The van der Waals surface area contributed by atoms with Crippen molar-refractivity contribution in [2.75, 3.05) is 13.1 Å². The minimum absolute atomic E-state index is 0.123. The molecule has 8 heteroatoms. The topological polar surface area (TPSA) is 108 Å². The highest BCUT2D eigenvalue weighted by molar-refractivity contribution is 6.23. The standard InChI is InChI=1S/C22H26N4O4/c27-19-4-3-18(20(28)25-19)26-21(29)16-2-1-12(7-17(16)22(26)30)10-24-15-8-13-5-6-23-11-14(13)9-15/h1-2,7,13-15,18,23-24H,3-6,8-11H2,(H,25,27,28)/t13-,14-,15?,18?/m0/s1. The molecule has 5 rings (SSSR count). The smallest absolute Gasteiger partial charge is 0.262 e. The van der Waals surface area contributed by atoms with Crippen molar-refractivity contribution in [3.63, 3.8) is 0 Å². The molecule has 3 fully saturated rings. The molecule has 158 valence electrons. The highest BCUT2D eigenvalue weighted by atomic mass is 16.2. The highest BCUT2D eigenvalue weighted by Gasteiger charge is 2.44. The summed E-state index contributed by atoms with van der Waals surface area (Å²) in [4.78, 5) is 50.3. The Bertz CT molecular complexity index is 916. The van der Waals surface area contributed by atoms with Gasteiger partial charge in [-0.2, -0.15) is 0 Å². The van der Waals surface area contributed by atoms with E-state index in [1.165, 1.54) is 19.3 Å². The number of carbonyl (C=O) groups is 4. The van der Waals surface area contributed by atoms with Crippen molar-refractivity contribution in [3.05, 3.63) is 34.9 Å². The van der Waals surface area contributed by atoms with Crippen molar-refractivity contribution >= 4 is 23.6 Å². The summed E-state index contributed by atoms with van der Waals surface area (Å²) in [5.74, 6) is -0.327.